The topological polar surface area (TPSA) is 47.0 Å². The summed E-state index contributed by atoms with van der Waals surface area (Å²) < 4.78 is 45.9. The lowest BCUT2D eigenvalue weighted by Gasteiger charge is -2.36. The van der Waals surface area contributed by atoms with Crippen LogP contribution in [0.4, 0.5) is 13.2 Å². The third kappa shape index (κ3) is 3.35. The zero-order valence-corrected chi connectivity index (χ0v) is 13.8. The molecule has 4 rings (SSSR count). The summed E-state index contributed by atoms with van der Waals surface area (Å²) in [4.78, 5) is 7.15. The zero-order chi connectivity index (χ0) is 18.1. The number of pyridine rings is 2. The first-order chi connectivity index (χ1) is 12.6. The van der Waals surface area contributed by atoms with Gasteiger partial charge in [0.2, 0.25) is 5.95 Å². The minimum Gasteiger partial charge on any atom is -0.486 e. The number of halogens is 3. The number of hydrogen-bond donors (Lipinski definition) is 1. The first kappa shape index (κ1) is 16.8. The Kier molecular flexibility index (Phi) is 4.46. The van der Waals surface area contributed by atoms with Gasteiger partial charge in [0, 0.05) is 35.9 Å². The van der Waals surface area contributed by atoms with Gasteiger partial charge in [-0.2, -0.15) is 13.8 Å². The van der Waals surface area contributed by atoms with Crippen molar-refractivity contribution < 1.29 is 17.9 Å². The van der Waals surface area contributed by atoms with E-state index in [1.54, 1.807) is 24.5 Å². The SMILES string of the molecule is Fc1ccc(OC2CC(NCc3c(F)ccc4cnccc34)C2)c(F)n1. The van der Waals surface area contributed by atoms with E-state index in [0.29, 0.717) is 24.9 Å². The predicted molar refractivity (Wildman–Crippen MR) is 90.1 cm³/mol. The lowest BCUT2D eigenvalue weighted by atomic mass is 9.89. The van der Waals surface area contributed by atoms with Crippen LogP contribution in [0.3, 0.4) is 0 Å². The van der Waals surface area contributed by atoms with Crippen LogP contribution in [0, 0.1) is 17.7 Å². The first-order valence-corrected chi connectivity index (χ1v) is 8.33. The largest absolute Gasteiger partial charge is 0.486 e. The van der Waals surface area contributed by atoms with Crippen molar-refractivity contribution in [2.45, 2.75) is 31.5 Å². The monoisotopic (exact) mass is 359 g/mol. The minimum absolute atomic E-state index is 0.0533. The van der Waals surface area contributed by atoms with E-state index in [2.05, 4.69) is 15.3 Å². The van der Waals surface area contributed by atoms with Crippen molar-refractivity contribution in [2.75, 3.05) is 0 Å². The Balaban J connectivity index is 1.35. The maximum absolute atomic E-state index is 14.2. The minimum atomic E-state index is -0.951. The predicted octanol–water partition coefficient (Wildman–Crippen LogP) is 3.75. The Bertz CT molecular complexity index is 944. The van der Waals surface area contributed by atoms with Crippen molar-refractivity contribution in [2.24, 2.45) is 0 Å². The summed E-state index contributed by atoms with van der Waals surface area (Å²) in [6.07, 6.45) is 4.49. The number of benzene rings is 1. The van der Waals surface area contributed by atoms with Gasteiger partial charge in [-0.1, -0.05) is 0 Å². The highest BCUT2D eigenvalue weighted by Crippen LogP contribution is 2.28. The molecule has 0 saturated heterocycles. The van der Waals surface area contributed by atoms with Gasteiger partial charge in [-0.05, 0) is 48.6 Å². The van der Waals surface area contributed by atoms with Crippen LogP contribution < -0.4 is 10.1 Å². The van der Waals surface area contributed by atoms with Crippen molar-refractivity contribution in [3.63, 3.8) is 0 Å². The molecule has 0 atom stereocenters. The fourth-order valence-corrected chi connectivity index (χ4v) is 3.13. The molecular weight excluding hydrogens is 343 g/mol. The molecule has 1 N–H and O–H groups in total. The van der Waals surface area contributed by atoms with Crippen LogP contribution in [-0.2, 0) is 6.54 Å². The molecule has 0 aliphatic heterocycles. The molecule has 0 unspecified atom stereocenters. The van der Waals surface area contributed by atoms with Crippen molar-refractivity contribution in [3.05, 3.63) is 66.0 Å². The number of nitrogens with zero attached hydrogens (tertiary/aromatic N) is 2. The van der Waals surface area contributed by atoms with E-state index in [1.807, 2.05) is 0 Å². The average Bonchev–Trinajstić information content (AvgIpc) is 2.60. The van der Waals surface area contributed by atoms with Gasteiger partial charge >= 0.3 is 0 Å². The molecule has 4 nitrogen and oxygen atoms in total. The molecule has 7 heteroatoms. The average molecular weight is 359 g/mol. The smallest absolute Gasteiger partial charge is 0.257 e. The molecule has 26 heavy (non-hydrogen) atoms. The summed E-state index contributed by atoms with van der Waals surface area (Å²) in [5, 5.41) is 5.02. The third-order valence-corrected chi connectivity index (χ3v) is 4.61. The van der Waals surface area contributed by atoms with E-state index in [4.69, 9.17) is 4.74 Å². The highest BCUT2D eigenvalue weighted by molar-refractivity contribution is 5.84. The Morgan fingerprint density at radius 3 is 2.73 bits per heavy atom. The fourth-order valence-electron chi connectivity index (χ4n) is 3.13. The molecule has 1 aliphatic rings. The van der Waals surface area contributed by atoms with E-state index in [-0.39, 0.29) is 23.7 Å². The second kappa shape index (κ2) is 6.92. The number of aromatic nitrogens is 2. The van der Waals surface area contributed by atoms with E-state index < -0.39 is 11.9 Å². The summed E-state index contributed by atoms with van der Waals surface area (Å²) in [6.45, 7) is 0.386. The Morgan fingerprint density at radius 2 is 1.92 bits per heavy atom. The summed E-state index contributed by atoms with van der Waals surface area (Å²) in [7, 11) is 0. The van der Waals surface area contributed by atoms with Crippen LogP contribution in [0.1, 0.15) is 18.4 Å². The molecule has 1 fully saturated rings. The Hall–Kier alpha value is -2.67. The second-order valence-corrected chi connectivity index (χ2v) is 6.33. The van der Waals surface area contributed by atoms with Gasteiger partial charge in [-0.25, -0.2) is 4.39 Å². The lowest BCUT2D eigenvalue weighted by molar-refractivity contribution is 0.0790. The summed E-state index contributed by atoms with van der Waals surface area (Å²) in [5.41, 5.74) is 0.600. The van der Waals surface area contributed by atoms with Crippen LogP contribution in [0.2, 0.25) is 0 Å². The van der Waals surface area contributed by atoms with Gasteiger partial charge in [0.25, 0.3) is 5.95 Å². The summed E-state index contributed by atoms with van der Waals surface area (Å²) in [5.74, 6) is -2.15. The number of nitrogens with one attached hydrogen (secondary N) is 1. The third-order valence-electron chi connectivity index (χ3n) is 4.61. The normalized spacial score (nSPS) is 19.3. The molecule has 0 spiro atoms. The standard InChI is InChI=1S/C19H16F3N3O/c20-16-2-1-11-9-23-6-5-14(11)15(16)10-24-12-7-13(8-12)26-17-3-4-18(21)25-19(17)22/h1-6,9,12-13,24H,7-8,10H2. The van der Waals surface area contributed by atoms with Gasteiger partial charge in [0.15, 0.2) is 5.75 Å². The lowest BCUT2D eigenvalue weighted by Crippen LogP contribution is -2.46. The molecule has 0 radical (unpaired) electrons. The van der Waals surface area contributed by atoms with Gasteiger partial charge in [0.05, 0.1) is 0 Å². The van der Waals surface area contributed by atoms with Crippen LogP contribution in [-0.4, -0.2) is 22.1 Å². The summed E-state index contributed by atoms with van der Waals surface area (Å²) in [6, 6.07) is 7.39. The number of ether oxygens (including phenoxy) is 1. The Labute approximate surface area is 148 Å². The molecule has 1 aromatic carbocycles. The quantitative estimate of drug-likeness (QED) is 0.705. The fraction of sp³-hybridized carbons (Fsp3) is 0.263. The number of fused-ring (bicyclic) bond motifs is 1. The van der Waals surface area contributed by atoms with Crippen LogP contribution >= 0.6 is 0 Å². The number of hydrogen-bond acceptors (Lipinski definition) is 4. The maximum atomic E-state index is 14.2. The van der Waals surface area contributed by atoms with Crippen molar-refractivity contribution >= 4 is 10.8 Å². The summed E-state index contributed by atoms with van der Waals surface area (Å²) >= 11 is 0. The van der Waals surface area contributed by atoms with Crippen molar-refractivity contribution in [1.82, 2.24) is 15.3 Å². The van der Waals surface area contributed by atoms with Crippen molar-refractivity contribution in [3.8, 4) is 5.75 Å². The molecule has 2 heterocycles. The first-order valence-electron chi connectivity index (χ1n) is 8.33. The highest BCUT2D eigenvalue weighted by atomic mass is 19.1. The van der Waals surface area contributed by atoms with E-state index in [1.165, 1.54) is 12.1 Å². The molecule has 134 valence electrons. The molecule has 3 aromatic rings. The van der Waals surface area contributed by atoms with Crippen LogP contribution in [0.15, 0.2) is 42.7 Å². The van der Waals surface area contributed by atoms with Crippen LogP contribution in [0.25, 0.3) is 10.8 Å². The molecule has 0 amide bonds. The van der Waals surface area contributed by atoms with E-state index in [9.17, 15) is 13.2 Å². The van der Waals surface area contributed by atoms with E-state index in [0.717, 1.165) is 16.8 Å². The van der Waals surface area contributed by atoms with Gasteiger partial charge in [-0.3, -0.25) is 4.98 Å². The molecular formula is C19H16F3N3O. The molecule has 2 aromatic heterocycles. The molecule has 1 aliphatic carbocycles. The van der Waals surface area contributed by atoms with Crippen molar-refractivity contribution in [1.29, 1.82) is 0 Å². The highest BCUT2D eigenvalue weighted by Gasteiger charge is 2.31. The second-order valence-electron chi connectivity index (χ2n) is 6.33. The van der Waals surface area contributed by atoms with Crippen LogP contribution in [0.5, 0.6) is 5.75 Å². The maximum Gasteiger partial charge on any atom is 0.257 e. The molecule has 0 bridgehead atoms. The zero-order valence-electron chi connectivity index (χ0n) is 13.8. The Morgan fingerprint density at radius 1 is 1.08 bits per heavy atom. The number of rotatable bonds is 5. The van der Waals surface area contributed by atoms with Gasteiger partial charge < -0.3 is 10.1 Å². The molecule has 1 saturated carbocycles. The van der Waals surface area contributed by atoms with Gasteiger partial charge in [-0.15, -0.1) is 0 Å². The van der Waals surface area contributed by atoms with Gasteiger partial charge in [0.1, 0.15) is 11.9 Å². The van der Waals surface area contributed by atoms with E-state index >= 15 is 0 Å².